The SMILES string of the molecule is Cc1cc(Cl)cc(/C(Cl)=N/O)c1. The van der Waals surface area contributed by atoms with Crippen molar-refractivity contribution in [3.05, 3.63) is 34.3 Å². The van der Waals surface area contributed by atoms with Crippen molar-refractivity contribution in [2.24, 2.45) is 5.16 Å². The standard InChI is InChI=1S/C8H7Cl2NO/c1-5-2-6(8(10)11-12)4-7(9)3-5/h2-4,12H,1H3/b11-8-. The molecule has 4 heteroatoms. The van der Waals surface area contributed by atoms with Crippen LogP contribution in [0.5, 0.6) is 0 Å². The highest BCUT2D eigenvalue weighted by atomic mass is 35.5. The molecule has 1 aromatic carbocycles. The van der Waals surface area contributed by atoms with Gasteiger partial charge in [-0.05, 0) is 30.7 Å². The van der Waals surface area contributed by atoms with Crippen molar-refractivity contribution in [2.75, 3.05) is 0 Å². The zero-order valence-electron chi connectivity index (χ0n) is 6.38. The third-order valence-electron chi connectivity index (χ3n) is 1.37. The Balaban J connectivity index is 3.17. The number of halogens is 2. The Labute approximate surface area is 80.4 Å². The molecular weight excluding hydrogens is 197 g/mol. The molecule has 12 heavy (non-hydrogen) atoms. The largest absolute Gasteiger partial charge is 0.410 e. The Morgan fingerprint density at radius 2 is 2.08 bits per heavy atom. The van der Waals surface area contributed by atoms with Crippen molar-refractivity contribution < 1.29 is 5.21 Å². The highest BCUT2D eigenvalue weighted by Gasteiger charge is 2.01. The lowest BCUT2D eigenvalue weighted by Gasteiger charge is -1.99. The minimum Gasteiger partial charge on any atom is -0.410 e. The smallest absolute Gasteiger partial charge is 0.175 e. The molecule has 0 saturated heterocycles. The number of rotatable bonds is 1. The molecule has 0 aliphatic heterocycles. The van der Waals surface area contributed by atoms with Gasteiger partial charge >= 0.3 is 0 Å². The third kappa shape index (κ3) is 2.13. The van der Waals surface area contributed by atoms with Crippen LogP contribution in [0.3, 0.4) is 0 Å². The molecule has 0 heterocycles. The van der Waals surface area contributed by atoms with E-state index < -0.39 is 0 Å². The number of benzene rings is 1. The molecule has 0 fully saturated rings. The summed E-state index contributed by atoms with van der Waals surface area (Å²) in [6.07, 6.45) is 0. The summed E-state index contributed by atoms with van der Waals surface area (Å²) in [6.45, 7) is 1.89. The molecule has 64 valence electrons. The molecule has 0 unspecified atom stereocenters. The number of aryl methyl sites for hydroxylation is 1. The van der Waals surface area contributed by atoms with Crippen LogP contribution in [0, 0.1) is 6.92 Å². The maximum absolute atomic E-state index is 8.38. The molecule has 0 aliphatic rings. The average Bonchev–Trinajstić information content (AvgIpc) is 2.01. The highest BCUT2D eigenvalue weighted by molar-refractivity contribution is 6.69. The molecule has 0 saturated carbocycles. The monoisotopic (exact) mass is 203 g/mol. The van der Waals surface area contributed by atoms with E-state index in [1.54, 1.807) is 18.2 Å². The Kier molecular flexibility index (Phi) is 2.95. The Hall–Kier alpha value is -0.730. The second-order valence-electron chi connectivity index (χ2n) is 2.41. The summed E-state index contributed by atoms with van der Waals surface area (Å²) in [5, 5.41) is 11.9. The minimum atomic E-state index is 0.0422. The minimum absolute atomic E-state index is 0.0422. The maximum Gasteiger partial charge on any atom is 0.175 e. The summed E-state index contributed by atoms with van der Waals surface area (Å²) in [6, 6.07) is 5.22. The fourth-order valence-electron chi connectivity index (χ4n) is 0.913. The molecule has 1 N–H and O–H groups in total. The summed E-state index contributed by atoms with van der Waals surface area (Å²) < 4.78 is 0. The lowest BCUT2D eigenvalue weighted by atomic mass is 10.1. The predicted octanol–water partition coefficient (Wildman–Crippen LogP) is 3.02. The maximum atomic E-state index is 8.38. The van der Waals surface area contributed by atoms with Gasteiger partial charge in [-0.15, -0.1) is 0 Å². The van der Waals surface area contributed by atoms with E-state index in [0.717, 1.165) is 5.56 Å². The first-order valence-corrected chi connectivity index (χ1v) is 4.04. The second kappa shape index (κ2) is 3.78. The van der Waals surface area contributed by atoms with E-state index in [2.05, 4.69) is 5.16 Å². The molecule has 0 atom stereocenters. The zero-order chi connectivity index (χ0) is 9.14. The van der Waals surface area contributed by atoms with Crippen molar-refractivity contribution in [3.63, 3.8) is 0 Å². The summed E-state index contributed by atoms with van der Waals surface area (Å²) in [5.74, 6) is 0. The molecule has 0 bridgehead atoms. The van der Waals surface area contributed by atoms with Gasteiger partial charge in [-0.1, -0.05) is 28.4 Å². The summed E-state index contributed by atoms with van der Waals surface area (Å²) in [5.41, 5.74) is 1.59. The van der Waals surface area contributed by atoms with Crippen LogP contribution in [0.1, 0.15) is 11.1 Å². The normalized spacial score (nSPS) is 11.8. The first kappa shape index (κ1) is 9.36. The molecule has 0 aromatic heterocycles. The lowest BCUT2D eigenvalue weighted by molar-refractivity contribution is 0.321. The van der Waals surface area contributed by atoms with Crippen molar-refractivity contribution in [1.82, 2.24) is 0 Å². The third-order valence-corrected chi connectivity index (χ3v) is 1.88. The number of hydrogen-bond donors (Lipinski definition) is 1. The zero-order valence-corrected chi connectivity index (χ0v) is 7.89. The van der Waals surface area contributed by atoms with Crippen LogP contribution in [-0.2, 0) is 0 Å². The van der Waals surface area contributed by atoms with E-state index in [-0.39, 0.29) is 5.17 Å². The number of hydrogen-bond acceptors (Lipinski definition) is 2. The van der Waals surface area contributed by atoms with Gasteiger partial charge < -0.3 is 5.21 Å². The van der Waals surface area contributed by atoms with Crippen molar-refractivity contribution in [3.8, 4) is 0 Å². The molecular formula is C8H7Cl2NO. The summed E-state index contributed by atoms with van der Waals surface area (Å²) in [4.78, 5) is 0. The van der Waals surface area contributed by atoms with Crippen LogP contribution in [0.15, 0.2) is 23.4 Å². The highest BCUT2D eigenvalue weighted by Crippen LogP contribution is 2.16. The van der Waals surface area contributed by atoms with Crippen molar-refractivity contribution in [2.45, 2.75) is 6.92 Å². The van der Waals surface area contributed by atoms with E-state index >= 15 is 0 Å². The van der Waals surface area contributed by atoms with Crippen LogP contribution in [-0.4, -0.2) is 10.4 Å². The van der Waals surface area contributed by atoms with Crippen LogP contribution in [0.2, 0.25) is 5.02 Å². The van der Waals surface area contributed by atoms with E-state index in [4.69, 9.17) is 28.4 Å². The number of oxime groups is 1. The Morgan fingerprint density at radius 1 is 1.42 bits per heavy atom. The topological polar surface area (TPSA) is 32.6 Å². The van der Waals surface area contributed by atoms with Gasteiger partial charge in [0.15, 0.2) is 5.17 Å². The Bertz CT molecular complexity index is 303. The van der Waals surface area contributed by atoms with Gasteiger partial charge in [0.25, 0.3) is 0 Å². The van der Waals surface area contributed by atoms with E-state index in [1.807, 2.05) is 6.92 Å². The predicted molar refractivity (Wildman–Crippen MR) is 50.4 cm³/mol. The van der Waals surface area contributed by atoms with E-state index in [9.17, 15) is 0 Å². The first-order valence-electron chi connectivity index (χ1n) is 3.28. The second-order valence-corrected chi connectivity index (χ2v) is 3.20. The van der Waals surface area contributed by atoms with Gasteiger partial charge in [-0.25, -0.2) is 0 Å². The van der Waals surface area contributed by atoms with Crippen molar-refractivity contribution in [1.29, 1.82) is 0 Å². The van der Waals surface area contributed by atoms with Gasteiger partial charge in [0, 0.05) is 10.6 Å². The van der Waals surface area contributed by atoms with Crippen LogP contribution in [0.25, 0.3) is 0 Å². The Morgan fingerprint density at radius 3 is 2.58 bits per heavy atom. The summed E-state index contributed by atoms with van der Waals surface area (Å²) in [7, 11) is 0. The molecule has 0 amide bonds. The first-order chi connectivity index (χ1) is 5.63. The van der Waals surface area contributed by atoms with Gasteiger partial charge in [0.2, 0.25) is 0 Å². The van der Waals surface area contributed by atoms with E-state index in [0.29, 0.717) is 10.6 Å². The van der Waals surface area contributed by atoms with Gasteiger partial charge in [-0.2, -0.15) is 0 Å². The van der Waals surface area contributed by atoms with Crippen molar-refractivity contribution >= 4 is 28.4 Å². The molecule has 0 spiro atoms. The molecule has 1 aromatic rings. The fraction of sp³-hybridized carbons (Fsp3) is 0.125. The van der Waals surface area contributed by atoms with Crippen LogP contribution >= 0.6 is 23.2 Å². The summed E-state index contributed by atoms with van der Waals surface area (Å²) >= 11 is 11.3. The molecule has 0 radical (unpaired) electrons. The van der Waals surface area contributed by atoms with Gasteiger partial charge in [0.05, 0.1) is 0 Å². The van der Waals surface area contributed by atoms with Crippen LogP contribution < -0.4 is 0 Å². The van der Waals surface area contributed by atoms with Crippen LogP contribution in [0.4, 0.5) is 0 Å². The van der Waals surface area contributed by atoms with E-state index in [1.165, 1.54) is 0 Å². The van der Waals surface area contributed by atoms with Gasteiger partial charge in [0.1, 0.15) is 0 Å². The quantitative estimate of drug-likeness (QED) is 0.425. The molecule has 0 aliphatic carbocycles. The molecule has 1 rings (SSSR count). The van der Waals surface area contributed by atoms with Gasteiger partial charge in [-0.3, -0.25) is 0 Å². The fourth-order valence-corrected chi connectivity index (χ4v) is 1.31. The number of nitrogens with zero attached hydrogens (tertiary/aromatic N) is 1. The lowest BCUT2D eigenvalue weighted by Crippen LogP contribution is -1.91. The average molecular weight is 204 g/mol. The molecule has 2 nitrogen and oxygen atoms in total.